The molecule has 86 valence electrons. The van der Waals surface area contributed by atoms with Crippen molar-refractivity contribution in [2.75, 3.05) is 21.3 Å². The van der Waals surface area contributed by atoms with Gasteiger partial charge in [0.2, 0.25) is 0 Å². The normalized spacial score (nSPS) is 11.9. The zero-order valence-electron chi connectivity index (χ0n) is 9.34. The van der Waals surface area contributed by atoms with Crippen molar-refractivity contribution in [3.05, 3.63) is 12.7 Å². The molecule has 1 heterocycles. The predicted octanol–water partition coefficient (Wildman–Crippen LogP) is 0.546. The van der Waals surface area contributed by atoms with Crippen LogP contribution in [0.5, 0.6) is 0 Å². The summed E-state index contributed by atoms with van der Waals surface area (Å²) < 4.78 is 17.7. The van der Waals surface area contributed by atoms with Crippen molar-refractivity contribution in [3.8, 4) is 0 Å². The summed E-state index contributed by atoms with van der Waals surface area (Å²) in [6, 6.07) is 0.774. The molecule has 0 aliphatic heterocycles. The molecule has 0 unspecified atom stereocenters. The fraction of sp³-hybridized carbons (Fsp3) is 0.750. The summed E-state index contributed by atoms with van der Waals surface area (Å²) in [6.07, 6.45) is 4.11. The van der Waals surface area contributed by atoms with Gasteiger partial charge in [-0.2, -0.15) is 5.10 Å². The molecule has 1 rings (SSSR count). The smallest absolute Gasteiger partial charge is 0.377 e. The maximum Gasteiger partial charge on any atom is 0.500 e. The number of rotatable bonds is 7. The first-order valence-corrected chi connectivity index (χ1v) is 6.67. The summed E-state index contributed by atoms with van der Waals surface area (Å²) in [6.45, 7) is 0.796. The topological polar surface area (TPSA) is 58.4 Å². The lowest BCUT2D eigenvalue weighted by molar-refractivity contribution is 0.122. The molecule has 0 aliphatic carbocycles. The molecule has 1 aromatic rings. The summed E-state index contributed by atoms with van der Waals surface area (Å²) in [7, 11) is 2.45. The molecule has 15 heavy (non-hydrogen) atoms. The van der Waals surface area contributed by atoms with Gasteiger partial charge in [0.25, 0.3) is 0 Å². The van der Waals surface area contributed by atoms with Crippen molar-refractivity contribution in [3.63, 3.8) is 0 Å². The van der Waals surface area contributed by atoms with Gasteiger partial charge in [-0.1, -0.05) is 0 Å². The van der Waals surface area contributed by atoms with Crippen molar-refractivity contribution < 1.29 is 13.3 Å². The SMILES string of the molecule is CO[Si](CCCn1cncn1)(OC)OC. The average Bonchev–Trinajstić information content (AvgIpc) is 2.78. The van der Waals surface area contributed by atoms with Crippen LogP contribution in [-0.2, 0) is 19.8 Å². The summed E-state index contributed by atoms with van der Waals surface area (Å²) in [5.41, 5.74) is 0. The molecule has 0 bridgehead atoms. The Morgan fingerprint density at radius 3 is 2.33 bits per heavy atom. The number of aryl methyl sites for hydroxylation is 1. The van der Waals surface area contributed by atoms with Crippen LogP contribution in [0.3, 0.4) is 0 Å². The Bertz CT molecular complexity index is 256. The van der Waals surface area contributed by atoms with Gasteiger partial charge >= 0.3 is 8.80 Å². The zero-order valence-corrected chi connectivity index (χ0v) is 10.3. The lowest BCUT2D eigenvalue weighted by Gasteiger charge is -2.24. The standard InChI is InChI=1S/C8H17N3O3Si/c1-12-15(13-2,14-3)6-4-5-11-8-9-7-10-11/h7-8H,4-6H2,1-3H3. The maximum absolute atomic E-state index is 5.30. The van der Waals surface area contributed by atoms with Crippen LogP contribution in [0.25, 0.3) is 0 Å². The monoisotopic (exact) mass is 231 g/mol. The molecule has 0 atom stereocenters. The molecular formula is C8H17N3O3Si. The fourth-order valence-electron chi connectivity index (χ4n) is 1.36. The van der Waals surface area contributed by atoms with Crippen LogP contribution in [0.2, 0.25) is 6.04 Å². The molecule has 0 aliphatic rings. The average molecular weight is 231 g/mol. The fourth-order valence-corrected chi connectivity index (χ4v) is 3.07. The van der Waals surface area contributed by atoms with Crippen molar-refractivity contribution in [2.24, 2.45) is 0 Å². The van der Waals surface area contributed by atoms with E-state index in [2.05, 4.69) is 10.1 Å². The Kier molecular flexibility index (Phi) is 4.89. The second kappa shape index (κ2) is 5.96. The van der Waals surface area contributed by atoms with Crippen LogP contribution in [0.1, 0.15) is 6.42 Å². The molecule has 0 spiro atoms. The third kappa shape index (κ3) is 3.38. The highest BCUT2D eigenvalue weighted by Gasteiger charge is 2.36. The summed E-state index contributed by atoms with van der Waals surface area (Å²) in [5.74, 6) is 0. The Morgan fingerprint density at radius 2 is 1.87 bits per heavy atom. The van der Waals surface area contributed by atoms with Gasteiger partial charge in [-0.25, -0.2) is 4.98 Å². The van der Waals surface area contributed by atoms with Gasteiger partial charge in [0, 0.05) is 33.9 Å². The van der Waals surface area contributed by atoms with Crippen LogP contribution in [0, 0.1) is 0 Å². The second-order valence-corrected chi connectivity index (χ2v) is 6.15. The van der Waals surface area contributed by atoms with Crippen molar-refractivity contribution in [1.29, 1.82) is 0 Å². The Labute approximate surface area is 90.5 Å². The highest BCUT2D eigenvalue weighted by molar-refractivity contribution is 6.60. The first-order valence-electron chi connectivity index (χ1n) is 4.74. The van der Waals surface area contributed by atoms with Gasteiger partial charge in [-0.3, -0.25) is 4.68 Å². The van der Waals surface area contributed by atoms with E-state index < -0.39 is 8.80 Å². The van der Waals surface area contributed by atoms with E-state index in [9.17, 15) is 0 Å². The van der Waals surface area contributed by atoms with Crippen LogP contribution in [0.4, 0.5) is 0 Å². The maximum atomic E-state index is 5.30. The van der Waals surface area contributed by atoms with Crippen LogP contribution >= 0.6 is 0 Å². The third-order valence-electron chi connectivity index (χ3n) is 2.27. The zero-order chi connectivity index (χ0) is 11.1. The van der Waals surface area contributed by atoms with E-state index in [0.717, 1.165) is 19.0 Å². The summed E-state index contributed by atoms with van der Waals surface area (Å²) >= 11 is 0. The van der Waals surface area contributed by atoms with Crippen molar-refractivity contribution >= 4 is 8.80 Å². The second-order valence-electron chi connectivity index (χ2n) is 3.06. The van der Waals surface area contributed by atoms with Gasteiger partial charge in [0.15, 0.2) is 0 Å². The van der Waals surface area contributed by atoms with E-state index in [1.165, 1.54) is 6.33 Å². The van der Waals surface area contributed by atoms with Crippen molar-refractivity contribution in [2.45, 2.75) is 19.0 Å². The van der Waals surface area contributed by atoms with Gasteiger partial charge < -0.3 is 13.3 Å². The minimum atomic E-state index is -2.41. The van der Waals surface area contributed by atoms with E-state index in [1.54, 1.807) is 32.3 Å². The van der Waals surface area contributed by atoms with E-state index in [-0.39, 0.29) is 0 Å². The van der Waals surface area contributed by atoms with Gasteiger partial charge in [0.1, 0.15) is 12.7 Å². The number of aromatic nitrogens is 3. The molecule has 0 saturated carbocycles. The Hall–Kier alpha value is -0.763. The molecule has 1 aromatic heterocycles. The number of nitrogens with zero attached hydrogens (tertiary/aromatic N) is 3. The molecule has 0 N–H and O–H groups in total. The summed E-state index contributed by atoms with van der Waals surface area (Å²) in [5, 5.41) is 4.01. The largest absolute Gasteiger partial charge is 0.500 e. The minimum absolute atomic E-state index is 0.774. The summed E-state index contributed by atoms with van der Waals surface area (Å²) in [4.78, 5) is 3.87. The highest BCUT2D eigenvalue weighted by Crippen LogP contribution is 2.15. The van der Waals surface area contributed by atoms with Crippen LogP contribution in [-0.4, -0.2) is 44.9 Å². The minimum Gasteiger partial charge on any atom is -0.377 e. The molecule has 6 nitrogen and oxygen atoms in total. The van der Waals surface area contributed by atoms with Gasteiger partial charge in [-0.05, 0) is 6.42 Å². The molecule has 7 heteroatoms. The molecule has 0 aromatic carbocycles. The van der Waals surface area contributed by atoms with Crippen LogP contribution < -0.4 is 0 Å². The predicted molar refractivity (Wildman–Crippen MR) is 56.2 cm³/mol. The molecule has 0 saturated heterocycles. The first-order chi connectivity index (χ1) is 7.26. The van der Waals surface area contributed by atoms with E-state index in [0.29, 0.717) is 0 Å². The van der Waals surface area contributed by atoms with Gasteiger partial charge in [-0.15, -0.1) is 0 Å². The van der Waals surface area contributed by atoms with Crippen LogP contribution in [0.15, 0.2) is 12.7 Å². The first kappa shape index (κ1) is 12.3. The number of hydrogen-bond donors (Lipinski definition) is 0. The Balaban J connectivity index is 2.34. The molecular weight excluding hydrogens is 214 g/mol. The lowest BCUT2D eigenvalue weighted by atomic mass is 10.5. The van der Waals surface area contributed by atoms with Gasteiger partial charge in [0.05, 0.1) is 0 Å². The molecule has 0 radical (unpaired) electrons. The lowest BCUT2D eigenvalue weighted by Crippen LogP contribution is -2.42. The molecule has 0 amide bonds. The highest BCUT2D eigenvalue weighted by atomic mass is 28.4. The van der Waals surface area contributed by atoms with Crippen molar-refractivity contribution in [1.82, 2.24) is 14.8 Å². The van der Waals surface area contributed by atoms with E-state index >= 15 is 0 Å². The molecule has 0 fully saturated rings. The van der Waals surface area contributed by atoms with E-state index in [4.69, 9.17) is 13.3 Å². The Morgan fingerprint density at radius 1 is 1.20 bits per heavy atom. The number of hydrogen-bond acceptors (Lipinski definition) is 5. The quantitative estimate of drug-likeness (QED) is 0.641. The third-order valence-corrected chi connectivity index (χ3v) is 5.10. The van der Waals surface area contributed by atoms with E-state index in [1.807, 2.05) is 0 Å².